The van der Waals surface area contributed by atoms with Gasteiger partial charge in [-0.25, -0.2) is 0 Å². The normalized spacial score (nSPS) is 9.27. The fraction of sp³-hybridized carbons (Fsp3) is 0.357. The Balaban J connectivity index is 2.76. The Bertz CT molecular complexity index is 419. The lowest BCUT2D eigenvalue weighted by Gasteiger charge is -2.04. The van der Waals surface area contributed by atoms with Crippen LogP contribution in [0.2, 0.25) is 0 Å². The van der Waals surface area contributed by atoms with E-state index < -0.39 is 0 Å². The molecule has 0 aliphatic carbocycles. The fourth-order valence-corrected chi connectivity index (χ4v) is 1.56. The monoisotopic (exact) mass is 200 g/mol. The number of hydrogen-bond acceptors (Lipinski definition) is 1. The molecule has 0 aromatic heterocycles. The predicted molar refractivity (Wildman–Crippen MR) is 62.9 cm³/mol. The lowest BCUT2D eigenvalue weighted by Crippen LogP contribution is -2.01. The Labute approximate surface area is 91.5 Å². The van der Waals surface area contributed by atoms with Gasteiger partial charge < -0.3 is 0 Å². The van der Waals surface area contributed by atoms with Crippen LogP contribution in [0.5, 0.6) is 0 Å². The molecule has 1 heteroatoms. The Morgan fingerprint density at radius 3 is 2.67 bits per heavy atom. The first kappa shape index (κ1) is 11.5. The van der Waals surface area contributed by atoms with Gasteiger partial charge in [0.05, 0.1) is 0 Å². The van der Waals surface area contributed by atoms with E-state index in [1.165, 1.54) is 5.56 Å². The van der Waals surface area contributed by atoms with Crippen molar-refractivity contribution in [3.05, 3.63) is 34.9 Å². The van der Waals surface area contributed by atoms with Gasteiger partial charge in [0, 0.05) is 18.4 Å². The molecule has 15 heavy (non-hydrogen) atoms. The third-order valence-corrected chi connectivity index (χ3v) is 2.34. The van der Waals surface area contributed by atoms with E-state index in [-0.39, 0.29) is 5.78 Å². The molecule has 0 spiro atoms. The van der Waals surface area contributed by atoms with Crippen LogP contribution in [0.25, 0.3) is 0 Å². The van der Waals surface area contributed by atoms with Crippen LogP contribution in [0, 0.1) is 25.7 Å². The minimum Gasteiger partial charge on any atom is -0.294 e. The first-order chi connectivity index (χ1) is 7.15. The molecular formula is C14H16O. The third kappa shape index (κ3) is 3.25. The maximum atomic E-state index is 11.8. The maximum Gasteiger partial charge on any atom is 0.164 e. The molecule has 0 aliphatic heterocycles. The van der Waals surface area contributed by atoms with Crippen molar-refractivity contribution in [2.45, 2.75) is 33.6 Å². The zero-order chi connectivity index (χ0) is 11.3. The van der Waals surface area contributed by atoms with Gasteiger partial charge in [-0.2, -0.15) is 0 Å². The average molecular weight is 200 g/mol. The molecule has 1 aromatic rings. The van der Waals surface area contributed by atoms with Crippen LogP contribution in [0.1, 0.15) is 41.3 Å². The van der Waals surface area contributed by atoms with E-state index in [0.29, 0.717) is 12.8 Å². The Morgan fingerprint density at radius 2 is 2.07 bits per heavy atom. The van der Waals surface area contributed by atoms with Crippen molar-refractivity contribution in [3.8, 4) is 11.8 Å². The second kappa shape index (κ2) is 5.36. The zero-order valence-corrected chi connectivity index (χ0v) is 9.55. The molecule has 78 valence electrons. The molecule has 0 unspecified atom stereocenters. The van der Waals surface area contributed by atoms with E-state index in [1.807, 2.05) is 32.0 Å². The molecule has 0 N–H and O–H groups in total. The van der Waals surface area contributed by atoms with Crippen molar-refractivity contribution < 1.29 is 4.79 Å². The van der Waals surface area contributed by atoms with Gasteiger partial charge in [-0.3, -0.25) is 4.79 Å². The summed E-state index contributed by atoms with van der Waals surface area (Å²) in [6, 6.07) is 5.93. The highest BCUT2D eigenvalue weighted by molar-refractivity contribution is 5.97. The zero-order valence-electron chi connectivity index (χ0n) is 9.55. The molecular weight excluding hydrogens is 184 g/mol. The highest BCUT2D eigenvalue weighted by Crippen LogP contribution is 2.13. The predicted octanol–water partition coefficient (Wildman–Crippen LogP) is 3.29. The minimum atomic E-state index is 0.190. The summed E-state index contributed by atoms with van der Waals surface area (Å²) in [6.07, 6.45) is 1.17. The number of hydrogen-bond donors (Lipinski definition) is 0. The molecule has 0 aliphatic rings. The van der Waals surface area contributed by atoms with Crippen LogP contribution in [0.15, 0.2) is 18.2 Å². The quantitative estimate of drug-likeness (QED) is 0.540. The summed E-state index contributed by atoms with van der Waals surface area (Å²) < 4.78 is 0. The van der Waals surface area contributed by atoms with Gasteiger partial charge in [-0.15, -0.1) is 11.8 Å². The van der Waals surface area contributed by atoms with Crippen molar-refractivity contribution >= 4 is 5.78 Å². The van der Waals surface area contributed by atoms with E-state index in [2.05, 4.69) is 11.8 Å². The first-order valence-electron chi connectivity index (χ1n) is 5.15. The molecule has 0 saturated carbocycles. The van der Waals surface area contributed by atoms with Gasteiger partial charge in [0.1, 0.15) is 0 Å². The van der Waals surface area contributed by atoms with E-state index >= 15 is 0 Å². The molecule has 0 fully saturated rings. The number of carbonyl (C=O) groups excluding carboxylic acids is 1. The van der Waals surface area contributed by atoms with E-state index in [0.717, 1.165) is 11.1 Å². The summed E-state index contributed by atoms with van der Waals surface area (Å²) in [4.78, 5) is 11.8. The maximum absolute atomic E-state index is 11.8. The lowest BCUT2D eigenvalue weighted by atomic mass is 10.00. The third-order valence-electron chi connectivity index (χ3n) is 2.34. The largest absolute Gasteiger partial charge is 0.294 e. The number of carbonyl (C=O) groups is 1. The van der Waals surface area contributed by atoms with E-state index in [9.17, 15) is 4.79 Å². The van der Waals surface area contributed by atoms with Gasteiger partial charge in [0.25, 0.3) is 0 Å². The van der Waals surface area contributed by atoms with Crippen LogP contribution in [0.3, 0.4) is 0 Å². The van der Waals surface area contributed by atoms with Gasteiger partial charge in [-0.05, 0) is 26.3 Å². The van der Waals surface area contributed by atoms with Crippen molar-refractivity contribution in [1.82, 2.24) is 0 Å². The van der Waals surface area contributed by atoms with Gasteiger partial charge in [0.15, 0.2) is 5.78 Å². The van der Waals surface area contributed by atoms with E-state index in [4.69, 9.17) is 0 Å². The second-order valence-corrected chi connectivity index (χ2v) is 3.67. The molecule has 0 atom stereocenters. The minimum absolute atomic E-state index is 0.190. The summed E-state index contributed by atoms with van der Waals surface area (Å²) >= 11 is 0. The van der Waals surface area contributed by atoms with Gasteiger partial charge in [-0.1, -0.05) is 23.8 Å². The van der Waals surface area contributed by atoms with Gasteiger partial charge >= 0.3 is 0 Å². The van der Waals surface area contributed by atoms with Crippen molar-refractivity contribution in [2.75, 3.05) is 0 Å². The summed E-state index contributed by atoms with van der Waals surface area (Å²) in [5, 5.41) is 0. The highest BCUT2D eigenvalue weighted by atomic mass is 16.1. The number of ketones is 1. The second-order valence-electron chi connectivity index (χ2n) is 3.67. The number of Topliss-reactive ketones (excluding diaryl/α,β-unsaturated/α-hetero) is 1. The molecule has 0 amide bonds. The molecule has 1 aromatic carbocycles. The van der Waals surface area contributed by atoms with Crippen LogP contribution in [-0.2, 0) is 0 Å². The number of aryl methyl sites for hydroxylation is 2. The lowest BCUT2D eigenvalue weighted by molar-refractivity contribution is 0.0984. The van der Waals surface area contributed by atoms with Crippen LogP contribution >= 0.6 is 0 Å². The van der Waals surface area contributed by atoms with Crippen molar-refractivity contribution in [1.29, 1.82) is 0 Å². The summed E-state index contributed by atoms with van der Waals surface area (Å²) in [5.41, 5.74) is 3.08. The Kier molecular flexibility index (Phi) is 4.12. The summed E-state index contributed by atoms with van der Waals surface area (Å²) in [5.74, 6) is 5.90. The molecule has 0 bridgehead atoms. The van der Waals surface area contributed by atoms with Crippen molar-refractivity contribution in [2.24, 2.45) is 0 Å². The summed E-state index contributed by atoms with van der Waals surface area (Å²) in [7, 11) is 0. The fourth-order valence-electron chi connectivity index (χ4n) is 1.56. The summed E-state index contributed by atoms with van der Waals surface area (Å²) in [6.45, 7) is 5.80. The number of benzene rings is 1. The molecule has 0 saturated heterocycles. The topological polar surface area (TPSA) is 17.1 Å². The van der Waals surface area contributed by atoms with Crippen LogP contribution in [-0.4, -0.2) is 5.78 Å². The molecule has 0 heterocycles. The van der Waals surface area contributed by atoms with Crippen LogP contribution < -0.4 is 0 Å². The first-order valence-corrected chi connectivity index (χ1v) is 5.15. The van der Waals surface area contributed by atoms with E-state index in [1.54, 1.807) is 6.92 Å². The highest BCUT2D eigenvalue weighted by Gasteiger charge is 2.07. The molecule has 0 radical (unpaired) electrons. The molecule has 1 nitrogen and oxygen atoms in total. The SMILES string of the molecule is CC#CCCC(=O)c1ccc(C)cc1C. The average Bonchev–Trinajstić information content (AvgIpc) is 2.17. The van der Waals surface area contributed by atoms with Gasteiger partial charge in [0.2, 0.25) is 0 Å². The van der Waals surface area contributed by atoms with Crippen LogP contribution in [0.4, 0.5) is 0 Å². The standard InChI is InChI=1S/C14H16O/c1-4-5-6-7-14(15)13-9-8-11(2)10-12(13)3/h8-10H,6-7H2,1-3H3. The molecule has 1 rings (SSSR count). The number of rotatable bonds is 3. The Hall–Kier alpha value is -1.55. The van der Waals surface area contributed by atoms with Crippen molar-refractivity contribution in [3.63, 3.8) is 0 Å². The Morgan fingerprint density at radius 1 is 1.33 bits per heavy atom. The smallest absolute Gasteiger partial charge is 0.164 e.